The van der Waals surface area contributed by atoms with Crippen molar-refractivity contribution in [3.8, 4) is 11.5 Å². The highest BCUT2D eigenvalue weighted by Gasteiger charge is 2.22. The Morgan fingerprint density at radius 1 is 0.850 bits per heavy atom. The number of rotatable bonds is 9. The first-order valence-corrected chi connectivity index (χ1v) is 14.5. The van der Waals surface area contributed by atoms with E-state index in [1.807, 2.05) is 32.3 Å². The SMILES string of the molecule is CN(C)c1nc(N[C@H]2CC[C@@H](CNCc3cccc(Oc4ccc(C(C)(C)C)cc4)c3)CC2)nc2ccccc12. The Morgan fingerprint density at radius 2 is 1.60 bits per heavy atom. The number of aromatic nitrogens is 2. The van der Waals surface area contributed by atoms with Gasteiger partial charge in [0, 0.05) is 32.1 Å². The van der Waals surface area contributed by atoms with Gasteiger partial charge in [0.15, 0.2) is 0 Å². The van der Waals surface area contributed by atoms with Crippen LogP contribution in [0.4, 0.5) is 11.8 Å². The number of hydrogen-bond acceptors (Lipinski definition) is 6. The minimum Gasteiger partial charge on any atom is -0.457 e. The highest BCUT2D eigenvalue weighted by atomic mass is 16.5. The number of nitrogens with one attached hydrogen (secondary N) is 2. The Kier molecular flexibility index (Phi) is 8.55. The number of ether oxygens (including phenoxy) is 1. The van der Waals surface area contributed by atoms with E-state index in [2.05, 4.69) is 90.9 Å². The van der Waals surface area contributed by atoms with Gasteiger partial charge in [-0.1, -0.05) is 57.2 Å². The predicted molar refractivity (Wildman–Crippen MR) is 167 cm³/mol. The number of para-hydroxylation sites is 1. The molecule has 4 aromatic rings. The molecule has 0 saturated heterocycles. The molecular weight excluding hydrogens is 494 g/mol. The number of nitrogens with zero attached hydrogens (tertiary/aromatic N) is 3. The molecule has 1 saturated carbocycles. The summed E-state index contributed by atoms with van der Waals surface area (Å²) in [5.41, 5.74) is 3.67. The fraction of sp³-hybridized carbons (Fsp3) is 0.412. The average Bonchev–Trinajstić information content (AvgIpc) is 2.93. The first kappa shape index (κ1) is 27.9. The topological polar surface area (TPSA) is 62.3 Å². The maximum absolute atomic E-state index is 6.14. The molecule has 3 aromatic carbocycles. The van der Waals surface area contributed by atoms with E-state index in [1.54, 1.807) is 0 Å². The standard InChI is InChI=1S/C34H43N5O/c1-34(2,3)26-15-19-28(20-16-26)40-29-10-8-9-25(21-29)23-35-22-24-13-17-27(18-14-24)36-33-37-31-12-7-6-11-30(31)32(38-33)39(4)5/h6-12,15-16,19-21,24,27,35H,13-14,17-18,22-23H2,1-5H3,(H,36,37,38)/t24-,27+. The van der Waals surface area contributed by atoms with Gasteiger partial charge in [0.2, 0.25) is 5.95 Å². The normalized spacial score (nSPS) is 17.5. The Balaban J connectivity index is 1.08. The van der Waals surface area contributed by atoms with Gasteiger partial charge in [-0.3, -0.25) is 0 Å². The molecule has 0 spiro atoms. The number of benzene rings is 3. The molecule has 2 N–H and O–H groups in total. The van der Waals surface area contributed by atoms with E-state index in [1.165, 1.54) is 24.0 Å². The molecule has 1 fully saturated rings. The highest BCUT2D eigenvalue weighted by Crippen LogP contribution is 2.29. The lowest BCUT2D eigenvalue weighted by atomic mass is 9.86. The molecule has 5 rings (SSSR count). The van der Waals surface area contributed by atoms with Crippen LogP contribution in [0.25, 0.3) is 10.9 Å². The predicted octanol–water partition coefficient (Wildman–Crippen LogP) is 7.55. The second-order valence-corrected chi connectivity index (χ2v) is 12.3. The Morgan fingerprint density at radius 3 is 2.33 bits per heavy atom. The largest absolute Gasteiger partial charge is 0.457 e. The highest BCUT2D eigenvalue weighted by molar-refractivity contribution is 5.90. The average molecular weight is 538 g/mol. The molecule has 0 radical (unpaired) electrons. The van der Waals surface area contributed by atoms with E-state index >= 15 is 0 Å². The van der Waals surface area contributed by atoms with Gasteiger partial charge >= 0.3 is 0 Å². The quantitative estimate of drug-likeness (QED) is 0.230. The molecule has 1 aliphatic carbocycles. The fourth-order valence-corrected chi connectivity index (χ4v) is 5.46. The van der Waals surface area contributed by atoms with Crippen molar-refractivity contribution in [3.05, 3.63) is 83.9 Å². The third-order valence-electron chi connectivity index (χ3n) is 7.80. The van der Waals surface area contributed by atoms with Crippen LogP contribution in [0.5, 0.6) is 11.5 Å². The number of anilines is 2. The van der Waals surface area contributed by atoms with Crippen LogP contribution >= 0.6 is 0 Å². The zero-order chi connectivity index (χ0) is 28.1. The first-order chi connectivity index (χ1) is 19.2. The smallest absolute Gasteiger partial charge is 0.225 e. The van der Waals surface area contributed by atoms with Crippen molar-refractivity contribution in [1.29, 1.82) is 0 Å². The summed E-state index contributed by atoms with van der Waals surface area (Å²) < 4.78 is 6.14. The molecule has 1 aromatic heterocycles. The summed E-state index contributed by atoms with van der Waals surface area (Å²) in [6.07, 6.45) is 4.67. The van der Waals surface area contributed by atoms with E-state index in [0.717, 1.165) is 60.1 Å². The molecule has 1 heterocycles. The summed E-state index contributed by atoms with van der Waals surface area (Å²) >= 11 is 0. The van der Waals surface area contributed by atoms with Crippen LogP contribution in [-0.2, 0) is 12.0 Å². The molecule has 6 heteroatoms. The second kappa shape index (κ2) is 12.3. The van der Waals surface area contributed by atoms with Gasteiger partial charge in [-0.05, 0) is 91.1 Å². The number of fused-ring (bicyclic) bond motifs is 1. The third kappa shape index (κ3) is 7.11. The Labute approximate surface area is 239 Å². The van der Waals surface area contributed by atoms with Crippen LogP contribution in [0.1, 0.15) is 57.6 Å². The molecule has 0 aliphatic heterocycles. The fourth-order valence-electron chi connectivity index (χ4n) is 5.46. The van der Waals surface area contributed by atoms with Gasteiger partial charge in [-0.15, -0.1) is 0 Å². The van der Waals surface area contributed by atoms with Crippen molar-refractivity contribution in [2.24, 2.45) is 5.92 Å². The van der Waals surface area contributed by atoms with Crippen molar-refractivity contribution < 1.29 is 4.74 Å². The summed E-state index contributed by atoms with van der Waals surface area (Å²) in [5, 5.41) is 8.39. The molecule has 210 valence electrons. The molecule has 0 bridgehead atoms. The third-order valence-corrected chi connectivity index (χ3v) is 7.80. The summed E-state index contributed by atoms with van der Waals surface area (Å²) in [5.74, 6) is 4.13. The van der Waals surface area contributed by atoms with Crippen molar-refractivity contribution in [2.75, 3.05) is 30.9 Å². The van der Waals surface area contributed by atoms with Gasteiger partial charge in [-0.25, -0.2) is 4.98 Å². The molecule has 6 nitrogen and oxygen atoms in total. The molecule has 40 heavy (non-hydrogen) atoms. The maximum atomic E-state index is 6.14. The van der Waals surface area contributed by atoms with Crippen molar-refractivity contribution in [1.82, 2.24) is 15.3 Å². The van der Waals surface area contributed by atoms with Crippen LogP contribution in [0.2, 0.25) is 0 Å². The maximum Gasteiger partial charge on any atom is 0.225 e. The van der Waals surface area contributed by atoms with Crippen LogP contribution in [0.15, 0.2) is 72.8 Å². The van der Waals surface area contributed by atoms with Gasteiger partial charge in [0.25, 0.3) is 0 Å². The Hall–Kier alpha value is -3.64. The lowest BCUT2D eigenvalue weighted by Crippen LogP contribution is -2.31. The van der Waals surface area contributed by atoms with Crippen molar-refractivity contribution in [3.63, 3.8) is 0 Å². The van der Waals surface area contributed by atoms with E-state index in [9.17, 15) is 0 Å². The van der Waals surface area contributed by atoms with E-state index in [4.69, 9.17) is 14.7 Å². The van der Waals surface area contributed by atoms with Crippen LogP contribution < -0.4 is 20.3 Å². The zero-order valence-electron chi connectivity index (χ0n) is 24.6. The monoisotopic (exact) mass is 537 g/mol. The van der Waals surface area contributed by atoms with Crippen LogP contribution in [0.3, 0.4) is 0 Å². The van der Waals surface area contributed by atoms with Gasteiger partial charge < -0.3 is 20.3 Å². The molecule has 1 aliphatic rings. The zero-order valence-corrected chi connectivity index (χ0v) is 24.6. The first-order valence-electron chi connectivity index (χ1n) is 14.5. The lowest BCUT2D eigenvalue weighted by molar-refractivity contribution is 0.323. The molecule has 0 amide bonds. The van der Waals surface area contributed by atoms with Gasteiger partial charge in [-0.2, -0.15) is 4.98 Å². The second-order valence-electron chi connectivity index (χ2n) is 12.3. The van der Waals surface area contributed by atoms with E-state index in [-0.39, 0.29) is 5.41 Å². The van der Waals surface area contributed by atoms with E-state index < -0.39 is 0 Å². The minimum atomic E-state index is 0.140. The van der Waals surface area contributed by atoms with Crippen LogP contribution in [0, 0.1) is 5.92 Å². The summed E-state index contributed by atoms with van der Waals surface area (Å²) in [4.78, 5) is 11.7. The lowest BCUT2D eigenvalue weighted by Gasteiger charge is -2.29. The van der Waals surface area contributed by atoms with Crippen LogP contribution in [-0.4, -0.2) is 36.6 Å². The molecular formula is C34H43N5O. The summed E-state index contributed by atoms with van der Waals surface area (Å²) in [6, 6.07) is 25.5. The minimum absolute atomic E-state index is 0.140. The molecule has 0 unspecified atom stereocenters. The summed E-state index contributed by atoms with van der Waals surface area (Å²) in [7, 11) is 4.07. The number of hydrogen-bond donors (Lipinski definition) is 2. The molecule has 0 atom stereocenters. The van der Waals surface area contributed by atoms with Gasteiger partial charge in [0.1, 0.15) is 17.3 Å². The Bertz CT molecular complexity index is 1400. The van der Waals surface area contributed by atoms with Crippen molar-refractivity contribution in [2.45, 2.75) is 64.5 Å². The van der Waals surface area contributed by atoms with Gasteiger partial charge in [0.05, 0.1) is 5.52 Å². The summed E-state index contributed by atoms with van der Waals surface area (Å²) in [6.45, 7) is 8.55. The van der Waals surface area contributed by atoms with E-state index in [0.29, 0.717) is 12.0 Å². The van der Waals surface area contributed by atoms with Crippen molar-refractivity contribution >= 4 is 22.7 Å².